The maximum absolute atomic E-state index is 12.5. The monoisotopic (exact) mass is 395 g/mol. The number of benzene rings is 1. The molecule has 1 N–H and O–H groups in total. The van der Waals surface area contributed by atoms with Gasteiger partial charge in [-0.1, -0.05) is 42.2 Å². The molecule has 26 heavy (non-hydrogen) atoms. The van der Waals surface area contributed by atoms with E-state index in [0.29, 0.717) is 21.6 Å². The van der Waals surface area contributed by atoms with Crippen molar-refractivity contribution in [1.29, 1.82) is 0 Å². The third kappa shape index (κ3) is 5.70. The molecule has 0 fully saturated rings. The van der Waals surface area contributed by atoms with E-state index in [1.807, 2.05) is 39.0 Å². The van der Waals surface area contributed by atoms with Crippen molar-refractivity contribution < 1.29 is 19.1 Å². The number of methoxy groups -OCH3 is 1. The van der Waals surface area contributed by atoms with Gasteiger partial charge in [-0.05, 0) is 37.5 Å². The minimum Gasteiger partial charge on any atom is -0.480 e. The number of amides is 1. The van der Waals surface area contributed by atoms with Crippen LogP contribution < -0.4 is 10.1 Å². The number of rotatable bonds is 8. The van der Waals surface area contributed by atoms with Crippen LogP contribution in [0.15, 0.2) is 22.5 Å². The number of carbonyl (C=O) groups is 2. The zero-order valence-electron chi connectivity index (χ0n) is 15.1. The predicted molar refractivity (Wildman–Crippen MR) is 102 cm³/mol. The largest absolute Gasteiger partial charge is 0.480 e. The number of esters is 1. The van der Waals surface area contributed by atoms with E-state index in [2.05, 4.69) is 20.3 Å². The normalized spacial score (nSPS) is 11.7. The molecule has 0 saturated heterocycles. The van der Waals surface area contributed by atoms with Crippen LogP contribution in [0.1, 0.15) is 24.5 Å². The lowest BCUT2D eigenvalue weighted by Crippen LogP contribution is -2.32. The minimum absolute atomic E-state index is 0.145. The number of carbonyl (C=O) groups excluding carboxylic acids is 2. The highest BCUT2D eigenvalue weighted by atomic mass is 32.2. The standard InChI is InChI=1S/C17H21N3O4S2/c1-5-12(24-13-8-10(2)6-7-11(13)3)15(22)18-16-19-20-17(26-16)25-9-14(21)23-4/h6-8,12H,5,9H2,1-4H3,(H,18,19,22). The average Bonchev–Trinajstić information content (AvgIpc) is 3.07. The molecular weight excluding hydrogens is 374 g/mol. The van der Waals surface area contributed by atoms with E-state index < -0.39 is 6.10 Å². The van der Waals surface area contributed by atoms with Crippen LogP contribution in [0.5, 0.6) is 5.75 Å². The number of ether oxygens (including phenoxy) is 2. The summed E-state index contributed by atoms with van der Waals surface area (Å²) >= 11 is 2.41. The zero-order valence-corrected chi connectivity index (χ0v) is 16.7. The molecule has 1 aromatic carbocycles. The molecule has 0 saturated carbocycles. The van der Waals surface area contributed by atoms with Gasteiger partial charge in [-0.25, -0.2) is 0 Å². The Kier molecular flexibility index (Phi) is 7.40. The molecule has 0 aliphatic carbocycles. The third-order valence-corrected chi connectivity index (χ3v) is 5.40. The number of aryl methyl sites for hydroxylation is 2. The number of hydrogen-bond acceptors (Lipinski definition) is 8. The Balaban J connectivity index is 1.97. The molecule has 9 heteroatoms. The molecule has 2 rings (SSSR count). The summed E-state index contributed by atoms with van der Waals surface area (Å²) in [7, 11) is 1.33. The molecule has 2 aromatic rings. The van der Waals surface area contributed by atoms with E-state index in [0.717, 1.165) is 11.1 Å². The van der Waals surface area contributed by atoms with E-state index in [4.69, 9.17) is 4.74 Å². The molecule has 1 amide bonds. The lowest BCUT2D eigenvalue weighted by Gasteiger charge is -2.18. The van der Waals surface area contributed by atoms with E-state index in [1.54, 1.807) is 0 Å². The molecule has 0 aliphatic rings. The van der Waals surface area contributed by atoms with Crippen molar-refractivity contribution in [2.24, 2.45) is 0 Å². The van der Waals surface area contributed by atoms with Crippen molar-refractivity contribution >= 4 is 40.1 Å². The molecule has 1 unspecified atom stereocenters. The fraction of sp³-hybridized carbons (Fsp3) is 0.412. The number of nitrogens with zero attached hydrogens (tertiary/aromatic N) is 2. The van der Waals surface area contributed by atoms with E-state index >= 15 is 0 Å². The van der Waals surface area contributed by atoms with Gasteiger partial charge in [0, 0.05) is 0 Å². The van der Waals surface area contributed by atoms with Gasteiger partial charge in [-0.2, -0.15) is 0 Å². The van der Waals surface area contributed by atoms with Crippen molar-refractivity contribution in [3.05, 3.63) is 29.3 Å². The second-order valence-corrected chi connectivity index (χ2v) is 7.71. The van der Waals surface area contributed by atoms with E-state index in [9.17, 15) is 9.59 Å². The van der Waals surface area contributed by atoms with Crippen molar-refractivity contribution in [2.45, 2.75) is 37.6 Å². The number of aromatic nitrogens is 2. The summed E-state index contributed by atoms with van der Waals surface area (Å²) in [5.41, 5.74) is 2.04. The fourth-order valence-electron chi connectivity index (χ4n) is 1.99. The lowest BCUT2D eigenvalue weighted by molar-refractivity contribution is -0.137. The van der Waals surface area contributed by atoms with Gasteiger partial charge in [0.1, 0.15) is 5.75 Å². The van der Waals surface area contributed by atoms with Gasteiger partial charge in [0.25, 0.3) is 5.91 Å². The predicted octanol–water partition coefficient (Wildman–Crippen LogP) is 3.22. The number of thioether (sulfide) groups is 1. The second-order valence-electron chi connectivity index (χ2n) is 5.51. The molecule has 0 spiro atoms. The third-order valence-electron chi connectivity index (χ3n) is 3.45. The smallest absolute Gasteiger partial charge is 0.316 e. The number of hydrogen-bond donors (Lipinski definition) is 1. The SMILES string of the molecule is CCC(Oc1cc(C)ccc1C)C(=O)Nc1nnc(SCC(=O)OC)s1. The topological polar surface area (TPSA) is 90.4 Å². The highest BCUT2D eigenvalue weighted by Crippen LogP contribution is 2.26. The van der Waals surface area contributed by atoms with Crippen LogP contribution >= 0.6 is 23.1 Å². The summed E-state index contributed by atoms with van der Waals surface area (Å²) in [6.07, 6.45) is -0.118. The quantitative estimate of drug-likeness (QED) is 0.417. The van der Waals surface area contributed by atoms with Gasteiger partial charge < -0.3 is 9.47 Å². The van der Waals surface area contributed by atoms with Crippen LogP contribution in [-0.4, -0.2) is 41.0 Å². The molecular formula is C17H21N3O4S2. The Morgan fingerprint density at radius 1 is 1.31 bits per heavy atom. The lowest BCUT2D eigenvalue weighted by atomic mass is 10.1. The molecule has 1 atom stereocenters. The molecule has 140 valence electrons. The highest BCUT2D eigenvalue weighted by molar-refractivity contribution is 8.01. The average molecular weight is 396 g/mol. The second kappa shape index (κ2) is 9.54. The van der Waals surface area contributed by atoms with Gasteiger partial charge in [0.15, 0.2) is 10.4 Å². The van der Waals surface area contributed by atoms with Gasteiger partial charge >= 0.3 is 5.97 Å². The summed E-state index contributed by atoms with van der Waals surface area (Å²) in [6.45, 7) is 5.80. The Labute approximate surface area is 160 Å². The van der Waals surface area contributed by atoms with Crippen LogP contribution in [0.25, 0.3) is 0 Å². The summed E-state index contributed by atoms with van der Waals surface area (Å²) in [6, 6.07) is 5.88. The van der Waals surface area contributed by atoms with E-state index in [1.165, 1.54) is 30.2 Å². The first-order chi connectivity index (χ1) is 12.4. The molecule has 0 aliphatic heterocycles. The van der Waals surface area contributed by atoms with Gasteiger partial charge in [0.2, 0.25) is 5.13 Å². The minimum atomic E-state index is -0.634. The Hall–Kier alpha value is -2.13. The van der Waals surface area contributed by atoms with Gasteiger partial charge in [-0.3, -0.25) is 14.9 Å². The first kappa shape index (κ1) is 20.2. The Morgan fingerprint density at radius 2 is 2.08 bits per heavy atom. The maximum Gasteiger partial charge on any atom is 0.316 e. The summed E-state index contributed by atoms with van der Waals surface area (Å²) in [5.74, 6) is 0.211. The highest BCUT2D eigenvalue weighted by Gasteiger charge is 2.21. The van der Waals surface area contributed by atoms with Crippen LogP contribution in [0.2, 0.25) is 0 Å². The van der Waals surface area contributed by atoms with Crippen molar-refractivity contribution in [1.82, 2.24) is 10.2 Å². The summed E-state index contributed by atoms with van der Waals surface area (Å²) < 4.78 is 11.0. The molecule has 7 nitrogen and oxygen atoms in total. The fourth-order valence-corrected chi connectivity index (χ4v) is 3.58. The van der Waals surface area contributed by atoms with Crippen LogP contribution in [0.4, 0.5) is 5.13 Å². The van der Waals surface area contributed by atoms with Gasteiger partial charge in [-0.15, -0.1) is 10.2 Å². The van der Waals surface area contributed by atoms with E-state index in [-0.39, 0.29) is 17.6 Å². The summed E-state index contributed by atoms with van der Waals surface area (Å²) in [5, 5.41) is 10.9. The van der Waals surface area contributed by atoms with Crippen molar-refractivity contribution in [3.8, 4) is 5.75 Å². The first-order valence-electron chi connectivity index (χ1n) is 8.00. The molecule has 1 heterocycles. The van der Waals surface area contributed by atoms with Crippen molar-refractivity contribution in [2.75, 3.05) is 18.2 Å². The first-order valence-corrected chi connectivity index (χ1v) is 9.81. The molecule has 0 bridgehead atoms. The Morgan fingerprint density at radius 3 is 2.77 bits per heavy atom. The summed E-state index contributed by atoms with van der Waals surface area (Å²) in [4.78, 5) is 23.6. The Bertz CT molecular complexity index is 779. The molecule has 1 aromatic heterocycles. The number of anilines is 1. The number of nitrogens with one attached hydrogen (secondary N) is 1. The van der Waals surface area contributed by atoms with Crippen LogP contribution in [0, 0.1) is 13.8 Å². The zero-order chi connectivity index (χ0) is 19.1. The van der Waals surface area contributed by atoms with Crippen LogP contribution in [-0.2, 0) is 14.3 Å². The molecule has 0 radical (unpaired) electrons. The maximum atomic E-state index is 12.5. The van der Waals surface area contributed by atoms with Gasteiger partial charge in [0.05, 0.1) is 12.9 Å². The van der Waals surface area contributed by atoms with Crippen LogP contribution in [0.3, 0.4) is 0 Å². The van der Waals surface area contributed by atoms with Crippen molar-refractivity contribution in [3.63, 3.8) is 0 Å².